The number of carboxylic acid groups (broad SMARTS) is 1. The Bertz CT molecular complexity index is 1500. The Hall–Kier alpha value is -4.23. The first kappa shape index (κ1) is 26.4. The zero-order valence-electron chi connectivity index (χ0n) is 20.7. The van der Waals surface area contributed by atoms with Crippen molar-refractivity contribution in [2.45, 2.75) is 32.2 Å². The van der Waals surface area contributed by atoms with Gasteiger partial charge in [0.15, 0.2) is 0 Å². The molecule has 1 aliphatic rings. The molecule has 2 atom stereocenters. The standard InChI is InChI=1S/C26H23F3N4O6/c1-25(2,24(35)36)12-30-16-11-37-17-10-14(8-9-15(17)20(16)34)22-31-23(39-33-22)21-18(26(27,28)29)19(32-38-21)13-6-4-3-5-7-13/h3-10,16,20,30,34H,11-12H2,1-2H3,(H,35,36)/t16-,20+/m0/s1. The van der Waals surface area contributed by atoms with Crippen molar-refractivity contribution in [1.82, 2.24) is 20.6 Å². The number of aliphatic hydroxyl groups excluding tert-OH is 1. The predicted octanol–water partition coefficient (Wildman–Crippen LogP) is 4.57. The van der Waals surface area contributed by atoms with E-state index in [0.717, 1.165) is 0 Å². The number of carboxylic acids is 1. The maximum absolute atomic E-state index is 14.0. The van der Waals surface area contributed by atoms with E-state index in [1.54, 1.807) is 44.2 Å². The molecule has 2 aromatic heterocycles. The van der Waals surface area contributed by atoms with Gasteiger partial charge >= 0.3 is 12.1 Å². The summed E-state index contributed by atoms with van der Waals surface area (Å²) >= 11 is 0. The predicted molar refractivity (Wildman–Crippen MR) is 129 cm³/mol. The Labute approximate surface area is 219 Å². The molecule has 0 spiro atoms. The van der Waals surface area contributed by atoms with Crippen molar-refractivity contribution in [2.75, 3.05) is 13.2 Å². The molecular formula is C26H23F3N4O6. The number of hydrogen-bond donors (Lipinski definition) is 3. The molecule has 1 aliphatic heterocycles. The van der Waals surface area contributed by atoms with Crippen molar-refractivity contribution < 1.29 is 42.0 Å². The van der Waals surface area contributed by atoms with Gasteiger partial charge in [0.1, 0.15) is 29.7 Å². The van der Waals surface area contributed by atoms with Gasteiger partial charge in [0.05, 0.1) is 11.5 Å². The molecule has 0 unspecified atom stereocenters. The SMILES string of the molecule is CC(C)(CN[C@H]1COc2cc(-c3noc(-c4onc(-c5ccccc5)c4C(F)(F)F)n3)ccc2[C@H]1O)C(=O)O. The fourth-order valence-electron chi connectivity index (χ4n) is 4.09. The van der Waals surface area contributed by atoms with Crippen LogP contribution in [0, 0.1) is 5.41 Å². The molecule has 0 saturated heterocycles. The Morgan fingerprint density at radius 3 is 2.51 bits per heavy atom. The van der Waals surface area contributed by atoms with Gasteiger partial charge in [-0.3, -0.25) is 4.79 Å². The lowest BCUT2D eigenvalue weighted by Gasteiger charge is -2.33. The van der Waals surface area contributed by atoms with Crippen LogP contribution in [0.25, 0.3) is 34.3 Å². The van der Waals surface area contributed by atoms with Gasteiger partial charge in [-0.15, -0.1) is 0 Å². The second kappa shape index (κ2) is 9.82. The van der Waals surface area contributed by atoms with Crippen molar-refractivity contribution in [1.29, 1.82) is 0 Å². The topological polar surface area (TPSA) is 144 Å². The van der Waals surface area contributed by atoms with Gasteiger partial charge in [0, 0.05) is 23.2 Å². The number of rotatable bonds is 7. The smallest absolute Gasteiger partial charge is 0.422 e. The lowest BCUT2D eigenvalue weighted by Crippen LogP contribution is -2.47. The van der Waals surface area contributed by atoms with E-state index in [1.165, 1.54) is 18.2 Å². The monoisotopic (exact) mass is 544 g/mol. The second-order valence-electron chi connectivity index (χ2n) is 9.71. The highest BCUT2D eigenvalue weighted by atomic mass is 19.4. The molecule has 13 heteroatoms. The van der Waals surface area contributed by atoms with Crippen LogP contribution in [0.5, 0.6) is 5.75 Å². The van der Waals surface area contributed by atoms with Crippen LogP contribution in [0.2, 0.25) is 0 Å². The molecule has 204 valence electrons. The Balaban J connectivity index is 1.40. The molecule has 4 aromatic rings. The summed E-state index contributed by atoms with van der Waals surface area (Å²) in [6.45, 7) is 3.30. The zero-order chi connectivity index (χ0) is 27.9. The fourth-order valence-corrected chi connectivity index (χ4v) is 4.09. The van der Waals surface area contributed by atoms with Crippen molar-refractivity contribution in [2.24, 2.45) is 5.41 Å². The summed E-state index contributed by atoms with van der Waals surface area (Å²) in [5.41, 5.74) is -1.55. The second-order valence-corrected chi connectivity index (χ2v) is 9.71. The molecule has 0 saturated carbocycles. The normalized spacial score (nSPS) is 17.5. The number of aliphatic hydroxyl groups is 1. The first-order valence-corrected chi connectivity index (χ1v) is 11.8. The van der Waals surface area contributed by atoms with Crippen LogP contribution in [-0.2, 0) is 11.0 Å². The van der Waals surface area contributed by atoms with E-state index >= 15 is 0 Å². The molecular weight excluding hydrogens is 521 g/mol. The summed E-state index contributed by atoms with van der Waals surface area (Å²) in [6.07, 6.45) is -5.80. The van der Waals surface area contributed by atoms with Crippen LogP contribution in [0.15, 0.2) is 57.6 Å². The van der Waals surface area contributed by atoms with E-state index in [4.69, 9.17) is 13.8 Å². The van der Waals surface area contributed by atoms with Crippen LogP contribution in [-0.4, -0.2) is 50.7 Å². The number of alkyl halides is 3. The minimum atomic E-state index is -4.81. The molecule has 2 aromatic carbocycles. The average Bonchev–Trinajstić information content (AvgIpc) is 3.56. The molecule has 3 heterocycles. The summed E-state index contributed by atoms with van der Waals surface area (Å²) in [5.74, 6) is -1.89. The van der Waals surface area contributed by atoms with E-state index < -0.39 is 52.6 Å². The summed E-state index contributed by atoms with van der Waals surface area (Å²) < 4.78 is 57.9. The summed E-state index contributed by atoms with van der Waals surface area (Å²) in [6, 6.07) is 11.9. The fraction of sp³-hybridized carbons (Fsp3) is 0.308. The highest BCUT2D eigenvalue weighted by Crippen LogP contribution is 2.43. The Kier molecular flexibility index (Phi) is 6.64. The highest BCUT2D eigenvalue weighted by Gasteiger charge is 2.43. The molecule has 3 N–H and O–H groups in total. The number of fused-ring (bicyclic) bond motifs is 1. The highest BCUT2D eigenvalue weighted by molar-refractivity contribution is 5.74. The molecule has 5 rings (SSSR count). The lowest BCUT2D eigenvalue weighted by molar-refractivity contribution is -0.146. The molecule has 0 aliphatic carbocycles. The van der Waals surface area contributed by atoms with E-state index in [0.29, 0.717) is 16.9 Å². The van der Waals surface area contributed by atoms with Crippen LogP contribution in [0.1, 0.15) is 31.1 Å². The van der Waals surface area contributed by atoms with Crippen LogP contribution < -0.4 is 10.1 Å². The third kappa shape index (κ3) is 5.10. The van der Waals surface area contributed by atoms with Gasteiger partial charge in [0.2, 0.25) is 11.6 Å². The van der Waals surface area contributed by atoms with Gasteiger partial charge < -0.3 is 29.3 Å². The minimum Gasteiger partial charge on any atom is -0.491 e. The zero-order valence-corrected chi connectivity index (χ0v) is 20.7. The van der Waals surface area contributed by atoms with Crippen molar-refractivity contribution >= 4 is 5.97 Å². The average molecular weight is 544 g/mol. The van der Waals surface area contributed by atoms with Crippen LogP contribution in [0.4, 0.5) is 13.2 Å². The van der Waals surface area contributed by atoms with E-state index in [1.807, 2.05) is 0 Å². The number of ether oxygens (including phenoxy) is 1. The van der Waals surface area contributed by atoms with Crippen molar-refractivity contribution in [3.8, 4) is 40.0 Å². The summed E-state index contributed by atoms with van der Waals surface area (Å²) in [4.78, 5) is 15.4. The van der Waals surface area contributed by atoms with Gasteiger partial charge in [0.25, 0.3) is 5.89 Å². The number of nitrogens with zero attached hydrogens (tertiary/aromatic N) is 3. The summed E-state index contributed by atoms with van der Waals surface area (Å²) in [5, 5.41) is 30.5. The first-order chi connectivity index (χ1) is 18.5. The van der Waals surface area contributed by atoms with Gasteiger partial charge in [-0.2, -0.15) is 18.2 Å². The number of halogens is 3. The van der Waals surface area contributed by atoms with Crippen LogP contribution in [0.3, 0.4) is 0 Å². The molecule has 39 heavy (non-hydrogen) atoms. The maximum Gasteiger partial charge on any atom is 0.422 e. The number of nitrogens with one attached hydrogen (secondary N) is 1. The molecule has 0 bridgehead atoms. The molecule has 0 amide bonds. The Morgan fingerprint density at radius 1 is 1.08 bits per heavy atom. The van der Waals surface area contributed by atoms with Crippen LogP contribution >= 0.6 is 0 Å². The molecule has 0 radical (unpaired) electrons. The lowest BCUT2D eigenvalue weighted by atomic mass is 9.92. The number of carbonyl (C=O) groups is 1. The van der Waals surface area contributed by atoms with Crippen molar-refractivity contribution in [3.05, 3.63) is 59.7 Å². The number of benzene rings is 2. The number of hydrogen-bond acceptors (Lipinski definition) is 9. The van der Waals surface area contributed by atoms with E-state index in [2.05, 4.69) is 20.6 Å². The minimum absolute atomic E-state index is 0.0277. The van der Waals surface area contributed by atoms with Crippen molar-refractivity contribution in [3.63, 3.8) is 0 Å². The Morgan fingerprint density at radius 2 is 1.82 bits per heavy atom. The van der Waals surface area contributed by atoms with E-state index in [-0.39, 0.29) is 24.5 Å². The molecule has 10 nitrogen and oxygen atoms in total. The first-order valence-electron chi connectivity index (χ1n) is 11.8. The van der Waals surface area contributed by atoms with Gasteiger partial charge in [-0.05, 0) is 19.9 Å². The molecule has 0 fully saturated rings. The third-order valence-electron chi connectivity index (χ3n) is 6.42. The maximum atomic E-state index is 14.0. The van der Waals surface area contributed by atoms with Gasteiger partial charge in [-0.1, -0.05) is 52.8 Å². The van der Waals surface area contributed by atoms with Gasteiger partial charge in [-0.25, -0.2) is 0 Å². The number of aliphatic carboxylic acids is 1. The number of aromatic nitrogens is 3. The quantitative estimate of drug-likeness (QED) is 0.303. The summed E-state index contributed by atoms with van der Waals surface area (Å²) in [7, 11) is 0. The third-order valence-corrected chi connectivity index (χ3v) is 6.42. The van der Waals surface area contributed by atoms with E-state index in [9.17, 15) is 28.2 Å². The largest absolute Gasteiger partial charge is 0.491 e.